The van der Waals surface area contributed by atoms with Crippen molar-refractivity contribution in [3.05, 3.63) is 65.3 Å². The van der Waals surface area contributed by atoms with Crippen LogP contribution >= 0.6 is 11.3 Å². The van der Waals surface area contributed by atoms with Crippen LogP contribution in [0.15, 0.2) is 54.0 Å². The molecule has 0 unspecified atom stereocenters. The van der Waals surface area contributed by atoms with Crippen LogP contribution in [-0.2, 0) is 6.54 Å². The number of amides is 1. The number of thiazole rings is 1. The Labute approximate surface area is 157 Å². The SMILES string of the molecule is CC(C)COc1ccc(C(=O)NCc2csc(-c3ccccn3)n2)cc1. The first-order valence-corrected chi connectivity index (χ1v) is 9.36. The maximum absolute atomic E-state index is 12.3. The van der Waals surface area contributed by atoms with E-state index in [2.05, 4.69) is 29.1 Å². The van der Waals surface area contributed by atoms with Gasteiger partial charge in [0.1, 0.15) is 10.8 Å². The van der Waals surface area contributed by atoms with Gasteiger partial charge in [0.2, 0.25) is 0 Å². The van der Waals surface area contributed by atoms with Crippen LogP contribution in [0.1, 0.15) is 29.9 Å². The second kappa shape index (κ2) is 8.58. The van der Waals surface area contributed by atoms with Gasteiger partial charge in [0.25, 0.3) is 5.91 Å². The maximum atomic E-state index is 12.3. The lowest BCUT2D eigenvalue weighted by atomic mass is 10.2. The van der Waals surface area contributed by atoms with Gasteiger partial charge in [-0.05, 0) is 42.3 Å². The van der Waals surface area contributed by atoms with Crippen LogP contribution in [0.3, 0.4) is 0 Å². The Kier molecular flexibility index (Phi) is 5.96. The third kappa shape index (κ3) is 4.89. The lowest BCUT2D eigenvalue weighted by molar-refractivity contribution is 0.0950. The van der Waals surface area contributed by atoms with Crippen LogP contribution in [-0.4, -0.2) is 22.5 Å². The van der Waals surface area contributed by atoms with Crippen molar-refractivity contribution in [2.45, 2.75) is 20.4 Å². The van der Waals surface area contributed by atoms with Gasteiger partial charge in [0.15, 0.2) is 0 Å². The molecule has 0 atom stereocenters. The number of rotatable bonds is 7. The second-order valence-corrected chi connectivity index (χ2v) is 7.13. The van der Waals surface area contributed by atoms with Crippen LogP contribution in [0.2, 0.25) is 0 Å². The van der Waals surface area contributed by atoms with E-state index < -0.39 is 0 Å². The summed E-state index contributed by atoms with van der Waals surface area (Å²) >= 11 is 1.52. The first-order chi connectivity index (χ1) is 12.6. The minimum absolute atomic E-state index is 0.132. The molecule has 26 heavy (non-hydrogen) atoms. The lowest BCUT2D eigenvalue weighted by Gasteiger charge is -2.09. The summed E-state index contributed by atoms with van der Waals surface area (Å²) in [6.07, 6.45) is 1.74. The van der Waals surface area contributed by atoms with Gasteiger partial charge in [-0.2, -0.15) is 0 Å². The molecular weight excluding hydrogens is 346 g/mol. The Morgan fingerprint density at radius 3 is 2.69 bits per heavy atom. The van der Waals surface area contributed by atoms with Gasteiger partial charge in [-0.3, -0.25) is 9.78 Å². The highest BCUT2D eigenvalue weighted by atomic mass is 32.1. The fraction of sp³-hybridized carbons (Fsp3) is 0.250. The molecule has 0 saturated heterocycles. The minimum Gasteiger partial charge on any atom is -0.493 e. The number of ether oxygens (including phenoxy) is 1. The highest BCUT2D eigenvalue weighted by Gasteiger charge is 2.09. The number of nitrogens with zero attached hydrogens (tertiary/aromatic N) is 2. The van der Waals surface area contributed by atoms with Crippen molar-refractivity contribution in [1.82, 2.24) is 15.3 Å². The van der Waals surface area contributed by atoms with E-state index in [1.807, 2.05) is 35.7 Å². The van der Waals surface area contributed by atoms with E-state index in [9.17, 15) is 4.79 Å². The van der Waals surface area contributed by atoms with Crippen molar-refractivity contribution in [2.75, 3.05) is 6.61 Å². The normalized spacial score (nSPS) is 10.7. The van der Waals surface area contributed by atoms with Crippen LogP contribution in [0, 0.1) is 5.92 Å². The van der Waals surface area contributed by atoms with E-state index in [1.165, 1.54) is 11.3 Å². The van der Waals surface area contributed by atoms with Gasteiger partial charge in [-0.25, -0.2) is 4.98 Å². The zero-order valence-corrected chi connectivity index (χ0v) is 15.6. The summed E-state index contributed by atoms with van der Waals surface area (Å²) in [7, 11) is 0. The number of hydrogen-bond donors (Lipinski definition) is 1. The summed E-state index contributed by atoms with van der Waals surface area (Å²) in [5.74, 6) is 1.11. The molecule has 0 aliphatic heterocycles. The zero-order valence-electron chi connectivity index (χ0n) is 14.8. The van der Waals surface area contributed by atoms with E-state index in [4.69, 9.17) is 4.74 Å². The quantitative estimate of drug-likeness (QED) is 0.681. The molecule has 0 radical (unpaired) electrons. The van der Waals surface area contributed by atoms with Crippen LogP contribution in [0.4, 0.5) is 0 Å². The van der Waals surface area contributed by atoms with Gasteiger partial charge in [0.05, 0.1) is 24.5 Å². The number of carbonyl (C=O) groups excluding carboxylic acids is 1. The molecule has 134 valence electrons. The number of carbonyl (C=O) groups is 1. The third-order valence-electron chi connectivity index (χ3n) is 3.57. The molecule has 1 aromatic carbocycles. The number of pyridine rings is 1. The Morgan fingerprint density at radius 1 is 1.19 bits per heavy atom. The number of aromatic nitrogens is 2. The molecule has 2 heterocycles. The largest absolute Gasteiger partial charge is 0.493 e. The van der Waals surface area contributed by atoms with E-state index in [1.54, 1.807) is 18.3 Å². The average Bonchev–Trinajstić information content (AvgIpc) is 3.14. The van der Waals surface area contributed by atoms with Gasteiger partial charge in [0, 0.05) is 17.1 Å². The smallest absolute Gasteiger partial charge is 0.251 e. The van der Waals surface area contributed by atoms with Crippen molar-refractivity contribution < 1.29 is 9.53 Å². The predicted molar refractivity (Wildman–Crippen MR) is 103 cm³/mol. The van der Waals surface area contributed by atoms with Gasteiger partial charge >= 0.3 is 0 Å². The summed E-state index contributed by atoms with van der Waals surface area (Å²) < 4.78 is 5.63. The van der Waals surface area contributed by atoms with Gasteiger partial charge < -0.3 is 10.1 Å². The average molecular weight is 367 g/mol. The van der Waals surface area contributed by atoms with E-state index >= 15 is 0 Å². The van der Waals surface area contributed by atoms with Crippen LogP contribution in [0.5, 0.6) is 5.75 Å². The molecule has 2 aromatic heterocycles. The predicted octanol–water partition coefficient (Wildman–Crippen LogP) is 4.17. The fourth-order valence-corrected chi connectivity index (χ4v) is 3.03. The third-order valence-corrected chi connectivity index (χ3v) is 4.48. The second-order valence-electron chi connectivity index (χ2n) is 6.27. The van der Waals surface area contributed by atoms with Crippen molar-refractivity contribution in [3.8, 4) is 16.5 Å². The molecule has 0 bridgehead atoms. The summed E-state index contributed by atoms with van der Waals surface area (Å²) in [6.45, 7) is 5.24. The molecule has 1 amide bonds. The van der Waals surface area contributed by atoms with Crippen molar-refractivity contribution >= 4 is 17.2 Å². The van der Waals surface area contributed by atoms with Crippen molar-refractivity contribution in [2.24, 2.45) is 5.92 Å². The molecule has 6 heteroatoms. The molecule has 0 saturated carbocycles. The van der Waals surface area contributed by atoms with E-state index in [0.29, 0.717) is 24.6 Å². The standard InChI is InChI=1S/C20H21N3O2S/c1-14(2)12-25-17-8-6-15(7-9-17)19(24)22-11-16-13-26-20(23-16)18-5-3-4-10-21-18/h3-10,13-14H,11-12H2,1-2H3,(H,22,24). The number of hydrogen-bond acceptors (Lipinski definition) is 5. The molecule has 5 nitrogen and oxygen atoms in total. The summed E-state index contributed by atoms with van der Waals surface area (Å²) in [5.41, 5.74) is 2.26. The molecule has 0 aliphatic rings. The highest BCUT2D eigenvalue weighted by Crippen LogP contribution is 2.21. The highest BCUT2D eigenvalue weighted by molar-refractivity contribution is 7.13. The number of nitrogens with one attached hydrogen (secondary N) is 1. The number of benzene rings is 1. The van der Waals surface area contributed by atoms with Crippen molar-refractivity contribution in [1.29, 1.82) is 0 Å². The molecule has 3 rings (SSSR count). The molecule has 0 aliphatic carbocycles. The van der Waals surface area contributed by atoms with Gasteiger partial charge in [-0.15, -0.1) is 11.3 Å². The van der Waals surface area contributed by atoms with Crippen molar-refractivity contribution in [3.63, 3.8) is 0 Å². The first kappa shape index (κ1) is 18.1. The molecule has 0 fully saturated rings. The summed E-state index contributed by atoms with van der Waals surface area (Å²) in [6, 6.07) is 12.9. The van der Waals surface area contributed by atoms with Crippen LogP contribution < -0.4 is 10.1 Å². The molecule has 0 spiro atoms. The topological polar surface area (TPSA) is 64.1 Å². The maximum Gasteiger partial charge on any atom is 0.251 e. The molecule has 3 aromatic rings. The monoisotopic (exact) mass is 367 g/mol. The molecule has 1 N–H and O–H groups in total. The van der Waals surface area contributed by atoms with Gasteiger partial charge in [-0.1, -0.05) is 19.9 Å². The Bertz CT molecular complexity index is 845. The summed E-state index contributed by atoms with van der Waals surface area (Å²) in [5, 5.41) is 5.68. The zero-order chi connectivity index (χ0) is 18.4. The fourth-order valence-electron chi connectivity index (χ4n) is 2.23. The Balaban J connectivity index is 1.55. The Hall–Kier alpha value is -2.73. The first-order valence-electron chi connectivity index (χ1n) is 8.48. The summed E-state index contributed by atoms with van der Waals surface area (Å²) in [4.78, 5) is 21.1. The Morgan fingerprint density at radius 2 is 2.00 bits per heavy atom. The minimum atomic E-state index is -0.132. The van der Waals surface area contributed by atoms with Crippen LogP contribution in [0.25, 0.3) is 10.7 Å². The van der Waals surface area contributed by atoms with E-state index in [0.717, 1.165) is 22.1 Å². The molecular formula is C20H21N3O2S. The lowest BCUT2D eigenvalue weighted by Crippen LogP contribution is -2.22. The van der Waals surface area contributed by atoms with E-state index in [-0.39, 0.29) is 5.91 Å².